The van der Waals surface area contributed by atoms with E-state index in [0.717, 1.165) is 11.3 Å². The maximum Gasteiger partial charge on any atom is 0.243 e. The first-order chi connectivity index (χ1) is 8.22. The van der Waals surface area contributed by atoms with Crippen molar-refractivity contribution < 1.29 is 14.6 Å². The second-order valence-corrected chi connectivity index (χ2v) is 4.99. The smallest absolute Gasteiger partial charge is 0.243 e. The Labute approximate surface area is 109 Å². The number of hydrogen-bond acceptors (Lipinski definition) is 5. The molecule has 0 atom stereocenters. The minimum atomic E-state index is 0.0286. The Hall–Kier alpha value is -0.950. The number of amides is 1. The molecule has 0 radical (unpaired) electrons. The van der Waals surface area contributed by atoms with Gasteiger partial charge in [-0.1, -0.05) is 36.1 Å². The highest BCUT2D eigenvalue weighted by Gasteiger charge is 2.27. The van der Waals surface area contributed by atoms with Crippen LogP contribution in [0.1, 0.15) is 5.56 Å². The summed E-state index contributed by atoms with van der Waals surface area (Å²) in [5.41, 5.74) is 1.77. The Balaban J connectivity index is 2.12. The molecule has 0 saturated carbocycles. The van der Waals surface area contributed by atoms with Gasteiger partial charge in [-0.15, -0.1) is 0 Å². The number of anilines is 1. The fraction of sp³-hybridized carbons (Fsp3) is 0.273. The summed E-state index contributed by atoms with van der Waals surface area (Å²) in [5.74, 6) is 0.453. The summed E-state index contributed by atoms with van der Waals surface area (Å²) < 4.78 is 0.607. The number of rotatable bonds is 4. The third-order valence-electron chi connectivity index (χ3n) is 2.29. The van der Waals surface area contributed by atoms with Crippen LogP contribution in [0.2, 0.25) is 0 Å². The van der Waals surface area contributed by atoms with Crippen LogP contribution in [0, 0.1) is 0 Å². The highest BCUT2D eigenvalue weighted by molar-refractivity contribution is 8.24. The van der Waals surface area contributed by atoms with E-state index >= 15 is 0 Å². The monoisotopic (exact) mass is 269 g/mol. The van der Waals surface area contributed by atoms with Gasteiger partial charge in [-0.2, -0.15) is 0 Å². The van der Waals surface area contributed by atoms with Gasteiger partial charge in [0.2, 0.25) is 5.91 Å². The molecule has 0 bridgehead atoms. The Morgan fingerprint density at radius 2 is 2.12 bits per heavy atom. The molecule has 0 N–H and O–H groups in total. The molecule has 1 aromatic rings. The normalized spacial score (nSPS) is 15.7. The van der Waals surface area contributed by atoms with Gasteiger partial charge in [0, 0.05) is 0 Å². The number of carbonyl (C=O) groups is 1. The molecule has 4 nitrogen and oxygen atoms in total. The van der Waals surface area contributed by atoms with Crippen molar-refractivity contribution in [3.63, 3.8) is 0 Å². The number of benzene rings is 1. The highest BCUT2D eigenvalue weighted by atomic mass is 32.2. The first-order valence-electron chi connectivity index (χ1n) is 4.96. The predicted octanol–water partition coefficient (Wildman–Crippen LogP) is 2.13. The molecule has 1 aliphatic heterocycles. The van der Waals surface area contributed by atoms with E-state index in [0.29, 0.717) is 16.7 Å². The number of thiocarbonyl (C=S) groups is 1. The lowest BCUT2D eigenvalue weighted by molar-refractivity contribution is -0.282. The zero-order valence-corrected chi connectivity index (χ0v) is 10.8. The first kappa shape index (κ1) is 12.5. The van der Waals surface area contributed by atoms with Crippen LogP contribution in [-0.2, 0) is 21.2 Å². The fourth-order valence-electron chi connectivity index (χ4n) is 1.47. The largest absolute Gasteiger partial charge is 0.273 e. The van der Waals surface area contributed by atoms with Gasteiger partial charge in [0.1, 0.15) is 10.9 Å². The average molecular weight is 269 g/mol. The molecule has 17 heavy (non-hydrogen) atoms. The molecule has 0 aliphatic carbocycles. The maximum atomic E-state index is 11.6. The maximum absolute atomic E-state index is 11.6. The van der Waals surface area contributed by atoms with Crippen LogP contribution in [0.5, 0.6) is 0 Å². The van der Waals surface area contributed by atoms with Crippen molar-refractivity contribution in [2.24, 2.45) is 0 Å². The van der Waals surface area contributed by atoms with Crippen LogP contribution < -0.4 is 4.90 Å². The van der Waals surface area contributed by atoms with Crippen molar-refractivity contribution in [1.29, 1.82) is 0 Å². The first-order valence-corrected chi connectivity index (χ1v) is 6.36. The van der Waals surface area contributed by atoms with Crippen LogP contribution in [-0.4, -0.2) is 23.1 Å². The molecule has 2 rings (SSSR count). The van der Waals surface area contributed by atoms with E-state index in [9.17, 15) is 4.79 Å². The van der Waals surface area contributed by atoms with Gasteiger partial charge in [0.15, 0.2) is 0 Å². The van der Waals surface area contributed by atoms with E-state index in [1.807, 2.05) is 24.3 Å². The summed E-state index contributed by atoms with van der Waals surface area (Å²) in [6.07, 6.45) is 0. The number of carbonyl (C=O) groups excluding carboxylic acids is 1. The lowest BCUT2D eigenvalue weighted by Gasteiger charge is -2.15. The van der Waals surface area contributed by atoms with Crippen LogP contribution in [0.15, 0.2) is 24.3 Å². The third-order valence-corrected chi connectivity index (χ3v) is 3.65. The summed E-state index contributed by atoms with van der Waals surface area (Å²) in [5, 5.41) is 0. The topological polar surface area (TPSA) is 38.8 Å². The lowest BCUT2D eigenvalue weighted by Crippen LogP contribution is -2.27. The Morgan fingerprint density at radius 3 is 2.65 bits per heavy atom. The summed E-state index contributed by atoms with van der Waals surface area (Å²) in [6, 6.07) is 7.47. The number of thioether (sulfide) groups is 1. The molecule has 1 aromatic carbocycles. The van der Waals surface area contributed by atoms with Crippen molar-refractivity contribution in [2.75, 3.05) is 17.8 Å². The van der Waals surface area contributed by atoms with E-state index in [2.05, 4.69) is 4.89 Å². The summed E-state index contributed by atoms with van der Waals surface area (Å²) in [7, 11) is 1.47. The zero-order valence-electron chi connectivity index (χ0n) is 9.21. The van der Waals surface area contributed by atoms with E-state index in [-0.39, 0.29) is 5.91 Å². The Kier molecular flexibility index (Phi) is 4.11. The van der Waals surface area contributed by atoms with E-state index in [4.69, 9.17) is 17.1 Å². The second-order valence-electron chi connectivity index (χ2n) is 3.38. The van der Waals surface area contributed by atoms with E-state index in [1.165, 1.54) is 18.9 Å². The standard InChI is InChI=1S/C11H11NO3S2/c1-14-15-6-8-2-4-9(5-3-8)12-10(13)7-17-11(12)16/h2-5H,6-7H2,1H3. The number of hydrogen-bond donors (Lipinski definition) is 0. The van der Waals surface area contributed by atoms with Gasteiger partial charge >= 0.3 is 0 Å². The molecular weight excluding hydrogens is 258 g/mol. The quantitative estimate of drug-likeness (QED) is 0.475. The SMILES string of the molecule is COOCc1ccc(N2C(=O)CSC2=S)cc1. The minimum absolute atomic E-state index is 0.0286. The molecule has 90 valence electrons. The zero-order chi connectivity index (χ0) is 12.3. The van der Waals surface area contributed by atoms with Gasteiger partial charge < -0.3 is 0 Å². The molecule has 0 spiro atoms. The average Bonchev–Trinajstić information content (AvgIpc) is 2.67. The molecule has 0 unspecified atom stereocenters. The molecule has 1 saturated heterocycles. The minimum Gasteiger partial charge on any atom is -0.273 e. The predicted molar refractivity (Wildman–Crippen MR) is 70.8 cm³/mol. The Morgan fingerprint density at radius 1 is 1.41 bits per heavy atom. The molecular formula is C11H11NO3S2. The summed E-state index contributed by atoms with van der Waals surface area (Å²) in [6.45, 7) is 0.379. The molecule has 0 aromatic heterocycles. The van der Waals surface area contributed by atoms with E-state index in [1.54, 1.807) is 4.90 Å². The van der Waals surface area contributed by atoms with Gasteiger partial charge in [0.25, 0.3) is 0 Å². The number of nitrogens with zero attached hydrogens (tertiary/aromatic N) is 1. The fourth-order valence-corrected chi connectivity index (χ4v) is 2.57. The second kappa shape index (κ2) is 5.59. The summed E-state index contributed by atoms with van der Waals surface area (Å²) in [4.78, 5) is 22.5. The third kappa shape index (κ3) is 2.84. The molecule has 1 fully saturated rings. The van der Waals surface area contributed by atoms with Crippen molar-refractivity contribution in [3.05, 3.63) is 29.8 Å². The van der Waals surface area contributed by atoms with Gasteiger partial charge in [-0.3, -0.25) is 9.69 Å². The van der Waals surface area contributed by atoms with Crippen LogP contribution in [0.4, 0.5) is 5.69 Å². The van der Waals surface area contributed by atoms with Crippen LogP contribution >= 0.6 is 24.0 Å². The highest BCUT2D eigenvalue weighted by Crippen LogP contribution is 2.26. The molecule has 1 heterocycles. The van der Waals surface area contributed by atoms with Crippen molar-refractivity contribution in [3.8, 4) is 0 Å². The Bertz CT molecular complexity index is 417. The van der Waals surface area contributed by atoms with Gasteiger partial charge in [-0.05, 0) is 17.7 Å². The molecule has 1 amide bonds. The van der Waals surface area contributed by atoms with E-state index < -0.39 is 0 Å². The molecule has 1 aliphatic rings. The van der Waals surface area contributed by atoms with Crippen molar-refractivity contribution in [2.45, 2.75) is 6.61 Å². The van der Waals surface area contributed by atoms with Crippen LogP contribution in [0.25, 0.3) is 0 Å². The van der Waals surface area contributed by atoms with Crippen molar-refractivity contribution >= 4 is 39.9 Å². The van der Waals surface area contributed by atoms with Crippen molar-refractivity contribution in [1.82, 2.24) is 0 Å². The van der Waals surface area contributed by atoms with Gasteiger partial charge in [0.05, 0.1) is 18.6 Å². The lowest BCUT2D eigenvalue weighted by atomic mass is 10.2. The summed E-state index contributed by atoms with van der Waals surface area (Å²) >= 11 is 6.52. The van der Waals surface area contributed by atoms with Gasteiger partial charge in [-0.25, -0.2) is 9.78 Å². The van der Waals surface area contributed by atoms with Crippen LogP contribution in [0.3, 0.4) is 0 Å². The molecule has 6 heteroatoms.